The number of aromatic nitrogens is 2. The fourth-order valence-electron chi connectivity index (χ4n) is 4.02. The smallest absolute Gasteiger partial charge is 0.290 e. The Bertz CT molecular complexity index is 1090. The molecule has 0 radical (unpaired) electrons. The minimum Gasteiger partial charge on any atom is -0.460 e. The summed E-state index contributed by atoms with van der Waals surface area (Å²) in [6.07, 6.45) is 2.15. The third-order valence-electron chi connectivity index (χ3n) is 5.33. The van der Waals surface area contributed by atoms with Crippen molar-refractivity contribution in [3.8, 4) is 0 Å². The zero-order valence-electron chi connectivity index (χ0n) is 16.6. The third kappa shape index (κ3) is 3.66. The Morgan fingerprint density at radius 2 is 1.79 bits per heavy atom. The number of aryl methyl sites for hydroxylation is 3. The number of rotatable bonds is 3. The van der Waals surface area contributed by atoms with E-state index in [1.54, 1.807) is 0 Å². The minimum atomic E-state index is 0.258. The van der Waals surface area contributed by atoms with Crippen LogP contribution in [0.15, 0.2) is 53.5 Å². The quantitative estimate of drug-likeness (QED) is 0.688. The van der Waals surface area contributed by atoms with Crippen molar-refractivity contribution >= 4 is 23.3 Å². The summed E-state index contributed by atoms with van der Waals surface area (Å²) in [4.78, 5) is 13.6. The zero-order chi connectivity index (χ0) is 19.8. The van der Waals surface area contributed by atoms with E-state index in [-0.39, 0.29) is 6.04 Å². The lowest BCUT2D eigenvalue weighted by Crippen LogP contribution is -2.30. The van der Waals surface area contributed by atoms with E-state index >= 15 is 0 Å². The second-order valence-corrected chi connectivity index (χ2v) is 7.58. The first kappa shape index (κ1) is 17.7. The van der Waals surface area contributed by atoms with E-state index in [2.05, 4.69) is 49.9 Å². The van der Waals surface area contributed by atoms with Crippen molar-refractivity contribution < 1.29 is 4.74 Å². The number of benzene rings is 2. The molecule has 2 N–H and O–H groups in total. The van der Waals surface area contributed by atoms with Gasteiger partial charge in [0.2, 0.25) is 5.95 Å². The van der Waals surface area contributed by atoms with Crippen LogP contribution in [0.5, 0.6) is 0 Å². The first-order valence-electron chi connectivity index (χ1n) is 9.92. The number of ether oxygens (including phenoxy) is 1. The average Bonchev–Trinajstić information content (AvgIpc) is 3.10. The fraction of sp³-hybridized carbons (Fsp3) is 0.261. The van der Waals surface area contributed by atoms with E-state index < -0.39 is 0 Å². The third-order valence-corrected chi connectivity index (χ3v) is 5.33. The summed E-state index contributed by atoms with van der Waals surface area (Å²) in [5.41, 5.74) is 7.52. The van der Waals surface area contributed by atoms with E-state index in [4.69, 9.17) is 4.74 Å². The van der Waals surface area contributed by atoms with Gasteiger partial charge in [-0.2, -0.15) is 4.99 Å². The van der Waals surface area contributed by atoms with Crippen LogP contribution in [0, 0.1) is 13.8 Å². The molecule has 0 bridgehead atoms. The lowest BCUT2D eigenvalue weighted by molar-refractivity contribution is 0.266. The Balaban J connectivity index is 1.33. The van der Waals surface area contributed by atoms with Crippen molar-refractivity contribution in [3.63, 3.8) is 0 Å². The number of hydrogen-bond acceptors (Lipinski definition) is 6. The molecule has 6 nitrogen and oxygen atoms in total. The van der Waals surface area contributed by atoms with Gasteiger partial charge in [0, 0.05) is 22.6 Å². The predicted octanol–water partition coefficient (Wildman–Crippen LogP) is 4.63. The van der Waals surface area contributed by atoms with Crippen molar-refractivity contribution in [3.05, 3.63) is 76.6 Å². The molecule has 0 unspecified atom stereocenters. The first-order chi connectivity index (χ1) is 14.1. The molecule has 146 valence electrons. The second-order valence-electron chi connectivity index (χ2n) is 7.58. The molecule has 2 aliphatic rings. The maximum absolute atomic E-state index is 5.90. The van der Waals surface area contributed by atoms with Crippen molar-refractivity contribution in [2.75, 3.05) is 5.32 Å². The molecule has 0 amide bonds. The van der Waals surface area contributed by atoms with Gasteiger partial charge in [-0.1, -0.05) is 24.3 Å². The molecule has 2 aromatic carbocycles. The molecule has 2 heterocycles. The maximum Gasteiger partial charge on any atom is 0.290 e. The topological polar surface area (TPSA) is 71.4 Å². The van der Waals surface area contributed by atoms with Gasteiger partial charge in [0.15, 0.2) is 0 Å². The average molecular weight is 385 g/mol. The molecule has 1 aliphatic heterocycles. The van der Waals surface area contributed by atoms with Gasteiger partial charge in [0.1, 0.15) is 6.61 Å². The lowest BCUT2D eigenvalue weighted by atomic mass is 10.1. The highest BCUT2D eigenvalue weighted by atomic mass is 16.5. The summed E-state index contributed by atoms with van der Waals surface area (Å²) in [6, 6.07) is 17.4. The summed E-state index contributed by atoms with van der Waals surface area (Å²) in [6.45, 7) is 4.41. The zero-order valence-corrected chi connectivity index (χ0v) is 16.6. The van der Waals surface area contributed by atoms with Crippen molar-refractivity contribution in [1.82, 2.24) is 15.3 Å². The number of anilines is 2. The highest BCUT2D eigenvalue weighted by Gasteiger charge is 2.24. The number of fused-ring (bicyclic) bond motifs is 2. The van der Waals surface area contributed by atoms with Crippen LogP contribution in [-0.4, -0.2) is 16.0 Å². The maximum atomic E-state index is 5.90. The van der Waals surface area contributed by atoms with E-state index in [0.29, 0.717) is 18.6 Å². The summed E-state index contributed by atoms with van der Waals surface area (Å²) >= 11 is 0. The molecule has 29 heavy (non-hydrogen) atoms. The first-order valence-corrected chi connectivity index (χ1v) is 9.92. The number of nitrogens with one attached hydrogen (secondary N) is 2. The molecule has 1 aromatic heterocycles. The second kappa shape index (κ2) is 7.20. The van der Waals surface area contributed by atoms with E-state index in [0.717, 1.165) is 41.2 Å². The van der Waals surface area contributed by atoms with E-state index in [1.165, 1.54) is 11.1 Å². The van der Waals surface area contributed by atoms with Gasteiger partial charge < -0.3 is 15.4 Å². The van der Waals surface area contributed by atoms with E-state index in [1.807, 2.05) is 38.1 Å². The van der Waals surface area contributed by atoms with Gasteiger partial charge in [-0.25, -0.2) is 9.97 Å². The molecule has 5 rings (SSSR count). The van der Waals surface area contributed by atoms with Gasteiger partial charge in [0.05, 0.1) is 11.7 Å². The van der Waals surface area contributed by atoms with Crippen LogP contribution in [-0.2, 0) is 17.8 Å². The molecule has 1 atom stereocenters. The highest BCUT2D eigenvalue weighted by Crippen LogP contribution is 2.32. The Morgan fingerprint density at radius 3 is 2.66 bits per heavy atom. The normalized spacial score (nSPS) is 17.0. The SMILES string of the molecule is Cc1cc(C)nc(Nc2ccc3c(c2)COC(N[C@@H]2CCc4ccccc42)=N3)n1. The molecule has 0 spiro atoms. The van der Waals surface area contributed by atoms with Crippen molar-refractivity contribution in [2.45, 2.75) is 39.3 Å². The molecule has 3 aromatic rings. The van der Waals surface area contributed by atoms with Crippen LogP contribution in [0.3, 0.4) is 0 Å². The van der Waals surface area contributed by atoms with Gasteiger partial charge in [0.25, 0.3) is 6.02 Å². The van der Waals surface area contributed by atoms with Crippen LogP contribution in [0.25, 0.3) is 0 Å². The molecular weight excluding hydrogens is 362 g/mol. The lowest BCUT2D eigenvalue weighted by Gasteiger charge is -2.22. The molecule has 6 heteroatoms. The summed E-state index contributed by atoms with van der Waals surface area (Å²) in [5, 5.41) is 6.75. The van der Waals surface area contributed by atoms with Crippen LogP contribution >= 0.6 is 0 Å². The molecule has 0 saturated heterocycles. The standard InChI is InChI=1S/C23H23N5O/c1-14-11-15(2)25-22(24-14)26-18-8-10-20-17(12-18)13-29-23(27-20)28-21-9-7-16-5-3-4-6-19(16)21/h3-6,8,10-12,21H,7,9,13H2,1-2H3,(H,27,28)(H,24,25,26)/t21-/m1/s1. The van der Waals surface area contributed by atoms with Crippen LogP contribution in [0.4, 0.5) is 17.3 Å². The van der Waals surface area contributed by atoms with E-state index in [9.17, 15) is 0 Å². The Kier molecular flexibility index (Phi) is 4.39. The van der Waals surface area contributed by atoms with Gasteiger partial charge in [-0.05, 0) is 62.1 Å². The number of nitrogens with zero attached hydrogens (tertiary/aromatic N) is 3. The number of amidine groups is 1. The summed E-state index contributed by atoms with van der Waals surface area (Å²) in [5.74, 6) is 0.602. The number of hydrogen-bond donors (Lipinski definition) is 2. The van der Waals surface area contributed by atoms with Crippen LogP contribution in [0.2, 0.25) is 0 Å². The Morgan fingerprint density at radius 1 is 0.966 bits per heavy atom. The summed E-state index contributed by atoms with van der Waals surface area (Å²) < 4.78 is 5.90. The molecular formula is C23H23N5O. The molecule has 1 aliphatic carbocycles. The fourth-order valence-corrected chi connectivity index (χ4v) is 4.02. The Hall–Kier alpha value is -3.41. The molecule has 0 saturated carbocycles. The summed E-state index contributed by atoms with van der Waals surface area (Å²) in [7, 11) is 0. The molecule has 0 fully saturated rings. The van der Waals surface area contributed by atoms with Crippen molar-refractivity contribution in [2.24, 2.45) is 4.99 Å². The highest BCUT2D eigenvalue weighted by molar-refractivity contribution is 5.80. The van der Waals surface area contributed by atoms with Crippen molar-refractivity contribution in [1.29, 1.82) is 0 Å². The van der Waals surface area contributed by atoms with Crippen LogP contribution < -0.4 is 10.6 Å². The monoisotopic (exact) mass is 385 g/mol. The largest absolute Gasteiger partial charge is 0.460 e. The minimum absolute atomic E-state index is 0.258. The number of aliphatic imine (C=N–C) groups is 1. The Labute approximate surface area is 170 Å². The van der Waals surface area contributed by atoms with Gasteiger partial charge in [-0.3, -0.25) is 0 Å². The predicted molar refractivity (Wildman–Crippen MR) is 114 cm³/mol. The van der Waals surface area contributed by atoms with Gasteiger partial charge in [-0.15, -0.1) is 0 Å². The van der Waals surface area contributed by atoms with Crippen LogP contribution in [0.1, 0.15) is 40.5 Å². The van der Waals surface area contributed by atoms with Gasteiger partial charge >= 0.3 is 0 Å².